The first-order valence-electron chi connectivity index (χ1n) is 4.99. The molecule has 2 radical (unpaired) electrons. The van der Waals surface area contributed by atoms with Crippen LogP contribution in [0.2, 0.25) is 0 Å². The van der Waals surface area contributed by atoms with Crippen molar-refractivity contribution in [3.8, 4) is 0 Å². The second-order valence-corrected chi connectivity index (χ2v) is 4.96. The molecule has 1 amide bonds. The molecule has 4 heteroatoms. The molecule has 0 aliphatic carbocycles. The van der Waals surface area contributed by atoms with Gasteiger partial charge in [0, 0.05) is 24.3 Å². The molecule has 0 unspecified atom stereocenters. The molecule has 1 N–H and O–H groups in total. The van der Waals surface area contributed by atoms with Crippen molar-refractivity contribution in [2.24, 2.45) is 0 Å². The van der Waals surface area contributed by atoms with Crippen LogP contribution in [0.25, 0.3) is 0 Å². The number of nitrogens with one attached hydrogen (secondary N) is 1. The summed E-state index contributed by atoms with van der Waals surface area (Å²) in [6, 6.07) is 10.9. The van der Waals surface area contributed by atoms with Gasteiger partial charge in [-0.3, -0.25) is 4.79 Å². The van der Waals surface area contributed by atoms with E-state index in [1.807, 2.05) is 23.9 Å². The lowest BCUT2D eigenvalue weighted by atomic mass is 10.2. The minimum absolute atomic E-state index is 0.0647. The van der Waals surface area contributed by atoms with Crippen LogP contribution in [0.4, 0.5) is 0 Å². The molecule has 16 heavy (non-hydrogen) atoms. The first kappa shape index (κ1) is 13.5. The van der Waals surface area contributed by atoms with Crippen LogP contribution >= 0.6 is 23.5 Å². The number of carbonyl (C=O) groups is 1. The first-order chi connectivity index (χ1) is 7.83. The van der Waals surface area contributed by atoms with E-state index in [-0.39, 0.29) is 5.91 Å². The highest BCUT2D eigenvalue weighted by Gasteiger charge is 1.98. The second-order valence-electron chi connectivity index (χ2n) is 3.16. The third-order valence-corrected chi connectivity index (χ3v) is 3.35. The predicted molar refractivity (Wildman–Crippen MR) is 72.3 cm³/mol. The van der Waals surface area contributed by atoms with E-state index < -0.39 is 0 Å². The Hall–Kier alpha value is -0.610. The minimum Gasteiger partial charge on any atom is -0.355 e. The lowest BCUT2D eigenvalue weighted by Gasteiger charge is -2.04. The number of thioether (sulfide) groups is 2. The van der Waals surface area contributed by atoms with Gasteiger partial charge in [0.2, 0.25) is 5.91 Å². The molecule has 0 spiro atoms. The summed E-state index contributed by atoms with van der Waals surface area (Å²) < 4.78 is 0. The predicted octanol–water partition coefficient (Wildman–Crippen LogP) is 2.36. The zero-order valence-corrected chi connectivity index (χ0v) is 10.7. The molecule has 0 saturated heterocycles. The summed E-state index contributed by atoms with van der Waals surface area (Å²) in [5, 5.41) is 2.84. The van der Waals surface area contributed by atoms with Gasteiger partial charge in [0.25, 0.3) is 0 Å². The van der Waals surface area contributed by atoms with Gasteiger partial charge >= 0.3 is 0 Å². The molecule has 0 aromatic heterocycles. The Balaban J connectivity index is 2.02. The number of hydrogen-bond acceptors (Lipinski definition) is 3. The lowest BCUT2D eigenvalue weighted by molar-refractivity contribution is -0.118. The molecule has 0 atom stereocenters. The van der Waals surface area contributed by atoms with E-state index in [2.05, 4.69) is 29.8 Å². The summed E-state index contributed by atoms with van der Waals surface area (Å²) >= 11 is 3.11. The average Bonchev–Trinajstić information content (AvgIpc) is 2.30. The highest BCUT2D eigenvalue weighted by Crippen LogP contribution is 2.10. The van der Waals surface area contributed by atoms with Crippen LogP contribution in [0, 0.1) is 12.3 Å². The molecule has 0 fully saturated rings. The van der Waals surface area contributed by atoms with Crippen molar-refractivity contribution >= 4 is 29.4 Å². The molecule has 0 saturated carbocycles. The van der Waals surface area contributed by atoms with Crippen LogP contribution in [-0.4, -0.2) is 24.0 Å². The van der Waals surface area contributed by atoms with Gasteiger partial charge in [0.1, 0.15) is 0 Å². The van der Waals surface area contributed by atoms with Gasteiger partial charge in [-0.05, 0) is 11.6 Å². The molecule has 1 aromatic rings. The first-order valence-corrected chi connectivity index (χ1v) is 7.30. The fourth-order valence-corrected chi connectivity index (χ4v) is 2.22. The van der Waals surface area contributed by atoms with E-state index in [0.717, 1.165) is 18.1 Å². The van der Waals surface area contributed by atoms with E-state index in [1.54, 1.807) is 0 Å². The Bertz CT molecular complexity index is 303. The van der Waals surface area contributed by atoms with Crippen LogP contribution in [0.3, 0.4) is 0 Å². The summed E-state index contributed by atoms with van der Waals surface area (Å²) in [6.07, 6.45) is 3.56. The molecule has 0 aliphatic rings. The van der Waals surface area contributed by atoms with E-state index in [9.17, 15) is 4.79 Å². The molecule has 1 aromatic carbocycles. The molecule has 0 aliphatic heterocycles. The van der Waals surface area contributed by atoms with Gasteiger partial charge in [0.15, 0.2) is 0 Å². The van der Waals surface area contributed by atoms with Crippen molar-refractivity contribution in [1.82, 2.24) is 5.32 Å². The van der Waals surface area contributed by atoms with Gasteiger partial charge in [-0.25, -0.2) is 0 Å². The Labute approximate surface area is 106 Å². The maximum absolute atomic E-state index is 11.1. The van der Waals surface area contributed by atoms with Crippen LogP contribution in [-0.2, 0) is 10.5 Å². The van der Waals surface area contributed by atoms with Crippen molar-refractivity contribution in [3.05, 3.63) is 42.2 Å². The molecule has 2 nitrogen and oxygen atoms in total. The number of rotatable bonds is 7. The summed E-state index contributed by atoms with van der Waals surface area (Å²) in [5.41, 5.74) is 1.29. The third-order valence-electron chi connectivity index (χ3n) is 1.86. The van der Waals surface area contributed by atoms with Gasteiger partial charge in [-0.15, -0.1) is 0 Å². The van der Waals surface area contributed by atoms with Crippen LogP contribution in [0.5, 0.6) is 0 Å². The Morgan fingerprint density at radius 2 is 2.19 bits per heavy atom. The molecular formula is C12H15NOS2. The molecule has 1 rings (SSSR count). The smallest absolute Gasteiger partial charge is 0.230 e. The topological polar surface area (TPSA) is 29.1 Å². The zero-order chi connectivity index (χ0) is 11.6. The number of hydrogen-bond donors (Lipinski definition) is 1. The van der Waals surface area contributed by atoms with E-state index in [0.29, 0.717) is 5.75 Å². The molecule has 86 valence electrons. The summed E-state index contributed by atoms with van der Waals surface area (Å²) in [6.45, 7) is 0.725. The van der Waals surface area contributed by atoms with Gasteiger partial charge in [-0.1, -0.05) is 24.3 Å². The van der Waals surface area contributed by atoms with Gasteiger partial charge < -0.3 is 5.32 Å². The van der Waals surface area contributed by atoms with Gasteiger partial charge in [0.05, 0.1) is 5.75 Å². The van der Waals surface area contributed by atoms with Crippen molar-refractivity contribution < 1.29 is 4.79 Å². The van der Waals surface area contributed by atoms with E-state index in [1.165, 1.54) is 17.3 Å². The fourth-order valence-electron chi connectivity index (χ4n) is 1.11. The molecular weight excluding hydrogens is 238 g/mol. The number of carbonyl (C=O) groups excluding carboxylic acids is 1. The van der Waals surface area contributed by atoms with Crippen molar-refractivity contribution in [2.45, 2.75) is 5.75 Å². The van der Waals surface area contributed by atoms with Crippen LogP contribution in [0.15, 0.2) is 24.3 Å². The summed E-state index contributed by atoms with van der Waals surface area (Å²) in [7, 11) is 0. The third kappa shape index (κ3) is 6.08. The Kier molecular flexibility index (Phi) is 7.17. The Morgan fingerprint density at radius 3 is 2.88 bits per heavy atom. The highest BCUT2D eigenvalue weighted by molar-refractivity contribution is 8.01. The van der Waals surface area contributed by atoms with Crippen LogP contribution < -0.4 is 5.32 Å². The highest BCUT2D eigenvalue weighted by atomic mass is 32.2. The average molecular weight is 253 g/mol. The standard InChI is InChI=1S/C12H15NOS2/c1-15-10-12(14)13-7-8-16-9-11-5-3-2-4-6-11/h3-6H,1,7-10H2,(H,13,14). The fraction of sp³-hybridized carbons (Fsp3) is 0.333. The van der Waals surface area contributed by atoms with Gasteiger partial charge in [-0.2, -0.15) is 23.5 Å². The monoisotopic (exact) mass is 253 g/mol. The number of benzene rings is 1. The second kappa shape index (κ2) is 8.53. The number of amides is 1. The summed E-state index contributed by atoms with van der Waals surface area (Å²) in [4.78, 5) is 11.1. The zero-order valence-electron chi connectivity index (χ0n) is 9.07. The van der Waals surface area contributed by atoms with Crippen molar-refractivity contribution in [1.29, 1.82) is 0 Å². The van der Waals surface area contributed by atoms with Crippen molar-refractivity contribution in [3.63, 3.8) is 0 Å². The summed E-state index contributed by atoms with van der Waals surface area (Å²) in [5.74, 6) is 2.43. The van der Waals surface area contributed by atoms with E-state index in [4.69, 9.17) is 0 Å². The molecule has 0 bridgehead atoms. The SMILES string of the molecule is [CH2]SCC(=O)NCCSCc1cc[c]cc1. The van der Waals surface area contributed by atoms with Crippen LogP contribution in [0.1, 0.15) is 5.56 Å². The Morgan fingerprint density at radius 1 is 1.44 bits per heavy atom. The van der Waals surface area contributed by atoms with E-state index >= 15 is 0 Å². The largest absolute Gasteiger partial charge is 0.355 e. The maximum atomic E-state index is 11.1. The lowest BCUT2D eigenvalue weighted by Crippen LogP contribution is -2.27. The maximum Gasteiger partial charge on any atom is 0.230 e. The normalized spacial score (nSPS) is 10.1. The minimum atomic E-state index is 0.0647. The van der Waals surface area contributed by atoms with Crippen molar-refractivity contribution in [2.75, 3.05) is 18.1 Å². The quantitative estimate of drug-likeness (QED) is 0.756. The molecule has 0 heterocycles.